The van der Waals surface area contributed by atoms with Crippen LogP contribution >= 0.6 is 0 Å². The highest BCUT2D eigenvalue weighted by Gasteiger charge is 2.33. The number of ether oxygens (including phenoxy) is 2. The number of carbonyl (C=O) groups excluding carboxylic acids is 1. The van der Waals surface area contributed by atoms with Gasteiger partial charge in [0.2, 0.25) is 5.91 Å². The SMILES string of the molecule is CC(C)[C@H]1C[C@H](C(=O)N2CCOc3ccc([C@@H](O)C4CCCCC4)cc3C2)CCO1. The molecular formula is C25H37NO4. The van der Waals surface area contributed by atoms with Crippen molar-refractivity contribution in [1.29, 1.82) is 0 Å². The first-order valence-corrected chi connectivity index (χ1v) is 11.9. The van der Waals surface area contributed by atoms with E-state index in [-0.39, 0.29) is 17.9 Å². The van der Waals surface area contributed by atoms with Gasteiger partial charge in [-0.05, 0) is 55.2 Å². The van der Waals surface area contributed by atoms with Crippen molar-refractivity contribution in [3.05, 3.63) is 29.3 Å². The van der Waals surface area contributed by atoms with E-state index in [1.807, 2.05) is 17.0 Å². The molecule has 5 nitrogen and oxygen atoms in total. The second-order valence-electron chi connectivity index (χ2n) is 9.69. The Balaban J connectivity index is 1.47. The summed E-state index contributed by atoms with van der Waals surface area (Å²) < 4.78 is 11.8. The highest BCUT2D eigenvalue weighted by molar-refractivity contribution is 5.79. The zero-order valence-electron chi connectivity index (χ0n) is 18.5. The third kappa shape index (κ3) is 4.83. The number of rotatable bonds is 4. The van der Waals surface area contributed by atoms with Crippen molar-refractivity contribution in [3.8, 4) is 5.75 Å². The van der Waals surface area contributed by atoms with Gasteiger partial charge in [0.1, 0.15) is 12.4 Å². The molecule has 2 aliphatic heterocycles. The Morgan fingerprint density at radius 3 is 2.70 bits per heavy atom. The van der Waals surface area contributed by atoms with Gasteiger partial charge in [-0.2, -0.15) is 0 Å². The molecule has 0 aromatic heterocycles. The summed E-state index contributed by atoms with van der Waals surface area (Å²) in [5.74, 6) is 1.87. The van der Waals surface area contributed by atoms with Crippen LogP contribution in [0.4, 0.5) is 0 Å². The summed E-state index contributed by atoms with van der Waals surface area (Å²) in [4.78, 5) is 15.3. The maximum Gasteiger partial charge on any atom is 0.226 e. The van der Waals surface area contributed by atoms with Gasteiger partial charge in [0, 0.05) is 24.6 Å². The molecule has 0 bridgehead atoms. The Morgan fingerprint density at radius 2 is 1.93 bits per heavy atom. The lowest BCUT2D eigenvalue weighted by atomic mass is 9.82. The lowest BCUT2D eigenvalue weighted by Gasteiger charge is -2.34. The van der Waals surface area contributed by atoms with Gasteiger partial charge in [-0.1, -0.05) is 39.2 Å². The summed E-state index contributed by atoms with van der Waals surface area (Å²) in [6.07, 6.45) is 7.24. The molecule has 30 heavy (non-hydrogen) atoms. The fourth-order valence-corrected chi connectivity index (χ4v) is 5.28. The minimum absolute atomic E-state index is 0.0312. The largest absolute Gasteiger partial charge is 0.491 e. The van der Waals surface area contributed by atoms with Gasteiger partial charge in [0.05, 0.1) is 18.8 Å². The molecule has 166 valence electrons. The number of aliphatic hydroxyl groups is 1. The molecule has 1 aromatic carbocycles. The van der Waals surface area contributed by atoms with Crippen molar-refractivity contribution in [1.82, 2.24) is 4.90 Å². The normalized spacial score (nSPS) is 26.6. The minimum atomic E-state index is -0.426. The predicted octanol–water partition coefficient (Wildman–Crippen LogP) is 4.47. The zero-order chi connectivity index (χ0) is 21.1. The number of fused-ring (bicyclic) bond motifs is 1. The lowest BCUT2D eigenvalue weighted by Crippen LogP contribution is -2.42. The van der Waals surface area contributed by atoms with Crippen LogP contribution in [0.1, 0.15) is 76.0 Å². The number of hydrogen-bond acceptors (Lipinski definition) is 4. The molecule has 4 rings (SSSR count). The Kier molecular flexibility index (Phi) is 6.99. The van der Waals surface area contributed by atoms with Gasteiger partial charge in [-0.3, -0.25) is 4.79 Å². The van der Waals surface area contributed by atoms with E-state index < -0.39 is 6.10 Å². The molecule has 1 amide bonds. The molecule has 2 fully saturated rings. The van der Waals surface area contributed by atoms with E-state index in [0.29, 0.717) is 38.1 Å². The number of carbonyl (C=O) groups is 1. The lowest BCUT2D eigenvalue weighted by molar-refractivity contribution is -0.142. The molecule has 1 aliphatic carbocycles. The second-order valence-corrected chi connectivity index (χ2v) is 9.69. The molecule has 1 aromatic rings. The number of nitrogens with zero attached hydrogens (tertiary/aromatic N) is 1. The van der Waals surface area contributed by atoms with Crippen LogP contribution in [0.2, 0.25) is 0 Å². The van der Waals surface area contributed by atoms with Crippen molar-refractivity contribution < 1.29 is 19.4 Å². The zero-order valence-corrected chi connectivity index (χ0v) is 18.5. The van der Waals surface area contributed by atoms with Crippen LogP contribution in [-0.4, -0.2) is 41.8 Å². The number of benzene rings is 1. The van der Waals surface area contributed by atoms with Crippen LogP contribution in [0.15, 0.2) is 18.2 Å². The van der Waals surface area contributed by atoms with Crippen molar-refractivity contribution in [2.45, 2.75) is 77.5 Å². The second kappa shape index (κ2) is 9.69. The van der Waals surface area contributed by atoms with Crippen LogP contribution in [0.3, 0.4) is 0 Å². The third-order valence-electron chi connectivity index (χ3n) is 7.22. The van der Waals surface area contributed by atoms with Crippen molar-refractivity contribution in [3.63, 3.8) is 0 Å². The van der Waals surface area contributed by atoms with Crippen molar-refractivity contribution in [2.75, 3.05) is 19.8 Å². The summed E-state index contributed by atoms with van der Waals surface area (Å²) in [7, 11) is 0. The molecule has 0 unspecified atom stereocenters. The Morgan fingerprint density at radius 1 is 1.13 bits per heavy atom. The highest BCUT2D eigenvalue weighted by Crippen LogP contribution is 2.36. The van der Waals surface area contributed by atoms with E-state index in [0.717, 1.165) is 42.6 Å². The Bertz CT molecular complexity index is 728. The van der Waals surface area contributed by atoms with Crippen LogP contribution in [0.25, 0.3) is 0 Å². The minimum Gasteiger partial charge on any atom is -0.491 e. The van der Waals surface area contributed by atoms with Crippen LogP contribution < -0.4 is 4.74 Å². The number of amides is 1. The molecular weight excluding hydrogens is 378 g/mol. The van der Waals surface area contributed by atoms with E-state index in [1.54, 1.807) is 0 Å². The highest BCUT2D eigenvalue weighted by atomic mass is 16.5. The number of hydrogen-bond donors (Lipinski definition) is 1. The van der Waals surface area contributed by atoms with Crippen LogP contribution in [0, 0.1) is 17.8 Å². The molecule has 0 spiro atoms. The topological polar surface area (TPSA) is 59.0 Å². The summed E-state index contributed by atoms with van der Waals surface area (Å²) in [6.45, 7) is 6.66. The summed E-state index contributed by atoms with van der Waals surface area (Å²) in [6, 6.07) is 6.05. The van der Waals surface area contributed by atoms with E-state index in [2.05, 4.69) is 19.9 Å². The van der Waals surface area contributed by atoms with E-state index in [4.69, 9.17) is 9.47 Å². The average molecular weight is 416 g/mol. The summed E-state index contributed by atoms with van der Waals surface area (Å²) in [5, 5.41) is 10.9. The molecule has 5 heteroatoms. The van der Waals surface area contributed by atoms with Crippen LogP contribution in [-0.2, 0) is 16.1 Å². The van der Waals surface area contributed by atoms with Crippen molar-refractivity contribution in [2.24, 2.45) is 17.8 Å². The summed E-state index contributed by atoms with van der Waals surface area (Å²) >= 11 is 0. The standard InChI is InChI=1S/C25H37NO4/c1-17(2)23-15-20(10-12-29-23)25(28)26-11-13-30-22-9-8-19(14-21(22)16-26)24(27)18-6-4-3-5-7-18/h8-9,14,17-18,20,23-24,27H,3-7,10-13,15-16H2,1-2H3/t20-,23-,24+/m1/s1. The first-order valence-electron chi connectivity index (χ1n) is 11.9. The van der Waals surface area contributed by atoms with Gasteiger partial charge in [-0.15, -0.1) is 0 Å². The summed E-state index contributed by atoms with van der Waals surface area (Å²) in [5.41, 5.74) is 1.98. The molecule has 3 aliphatic rings. The van der Waals surface area contributed by atoms with Crippen molar-refractivity contribution >= 4 is 5.91 Å². The van der Waals surface area contributed by atoms with Gasteiger partial charge in [0.15, 0.2) is 0 Å². The smallest absolute Gasteiger partial charge is 0.226 e. The molecule has 1 saturated carbocycles. The molecule has 2 heterocycles. The molecule has 1 saturated heterocycles. The first-order chi connectivity index (χ1) is 14.5. The number of aliphatic hydroxyl groups excluding tert-OH is 1. The maximum absolute atomic E-state index is 13.3. The van der Waals surface area contributed by atoms with Gasteiger partial charge < -0.3 is 19.5 Å². The average Bonchev–Trinajstić information content (AvgIpc) is 3.00. The Labute approximate surface area is 180 Å². The van der Waals surface area contributed by atoms with E-state index >= 15 is 0 Å². The fraction of sp³-hybridized carbons (Fsp3) is 0.720. The van der Waals surface area contributed by atoms with Gasteiger partial charge in [-0.25, -0.2) is 0 Å². The fourth-order valence-electron chi connectivity index (χ4n) is 5.28. The van der Waals surface area contributed by atoms with Crippen LogP contribution in [0.5, 0.6) is 5.75 Å². The first kappa shape index (κ1) is 21.6. The van der Waals surface area contributed by atoms with Gasteiger partial charge >= 0.3 is 0 Å². The Hall–Kier alpha value is -1.59. The van der Waals surface area contributed by atoms with Gasteiger partial charge in [0.25, 0.3) is 0 Å². The van der Waals surface area contributed by atoms with E-state index in [9.17, 15) is 9.90 Å². The predicted molar refractivity (Wildman–Crippen MR) is 116 cm³/mol. The quantitative estimate of drug-likeness (QED) is 0.788. The monoisotopic (exact) mass is 415 g/mol. The molecule has 3 atom stereocenters. The van der Waals surface area contributed by atoms with E-state index in [1.165, 1.54) is 19.3 Å². The third-order valence-corrected chi connectivity index (χ3v) is 7.22. The maximum atomic E-state index is 13.3. The molecule has 1 N–H and O–H groups in total. The molecule has 0 radical (unpaired) electrons.